The fourth-order valence-corrected chi connectivity index (χ4v) is 2.43. The molecule has 0 unspecified atom stereocenters. The van der Waals surface area contributed by atoms with Crippen LogP contribution in [0.5, 0.6) is 0 Å². The van der Waals surface area contributed by atoms with Crippen molar-refractivity contribution in [1.29, 1.82) is 0 Å². The number of nitrogens with zero attached hydrogens (tertiary/aromatic N) is 4. The lowest BCUT2D eigenvalue weighted by Gasteiger charge is -2.11. The van der Waals surface area contributed by atoms with Crippen molar-refractivity contribution in [2.45, 2.75) is 20.3 Å². The average molecular weight is 280 g/mol. The summed E-state index contributed by atoms with van der Waals surface area (Å²) in [5, 5.41) is 4.52. The first-order valence-corrected chi connectivity index (χ1v) is 6.89. The number of hydrogen-bond acceptors (Lipinski definition) is 3. The molecule has 5 heteroatoms. The second kappa shape index (κ2) is 5.36. The molecule has 5 nitrogen and oxygen atoms in total. The van der Waals surface area contributed by atoms with Crippen LogP contribution >= 0.6 is 0 Å². The molecule has 0 fully saturated rings. The van der Waals surface area contributed by atoms with Crippen molar-refractivity contribution >= 4 is 6.29 Å². The van der Waals surface area contributed by atoms with Crippen LogP contribution in [0.25, 0.3) is 11.5 Å². The molecule has 0 N–H and O–H groups in total. The van der Waals surface area contributed by atoms with E-state index in [9.17, 15) is 4.79 Å². The molecule has 0 saturated heterocycles. The van der Waals surface area contributed by atoms with Gasteiger partial charge in [0.05, 0.1) is 16.9 Å². The number of carbonyl (C=O) groups is 1. The molecule has 1 aromatic carbocycles. The Hall–Kier alpha value is -2.69. The molecule has 2 aromatic heterocycles. The molecule has 0 bridgehead atoms. The lowest BCUT2D eigenvalue weighted by Crippen LogP contribution is -2.09. The first kappa shape index (κ1) is 13.3. The van der Waals surface area contributed by atoms with E-state index in [1.165, 1.54) is 0 Å². The topological polar surface area (TPSA) is 52.7 Å². The first-order chi connectivity index (χ1) is 10.3. The van der Waals surface area contributed by atoms with Crippen LogP contribution in [0.3, 0.4) is 0 Å². The predicted molar refractivity (Wildman–Crippen MR) is 80.2 cm³/mol. The van der Waals surface area contributed by atoms with Gasteiger partial charge in [-0.05, 0) is 19.1 Å². The van der Waals surface area contributed by atoms with Crippen molar-refractivity contribution in [2.24, 2.45) is 0 Å². The number of aldehydes is 1. The van der Waals surface area contributed by atoms with Gasteiger partial charge in [0, 0.05) is 18.8 Å². The van der Waals surface area contributed by atoms with Crippen molar-refractivity contribution in [3.8, 4) is 11.5 Å². The molecule has 0 saturated carbocycles. The van der Waals surface area contributed by atoms with Crippen molar-refractivity contribution in [3.05, 3.63) is 59.8 Å². The van der Waals surface area contributed by atoms with Crippen LogP contribution in [0.1, 0.15) is 28.8 Å². The van der Waals surface area contributed by atoms with Gasteiger partial charge in [0.25, 0.3) is 0 Å². The molecule has 0 spiro atoms. The highest BCUT2D eigenvalue weighted by Crippen LogP contribution is 2.22. The summed E-state index contributed by atoms with van der Waals surface area (Å²) < 4.78 is 3.72. The molecule has 3 aromatic rings. The third kappa shape index (κ3) is 2.16. The lowest BCUT2D eigenvalue weighted by molar-refractivity contribution is 0.112. The summed E-state index contributed by atoms with van der Waals surface area (Å²) in [6.07, 6.45) is 5.24. The summed E-state index contributed by atoms with van der Waals surface area (Å²) in [5.74, 6) is 1.64. The van der Waals surface area contributed by atoms with Crippen LogP contribution in [0.15, 0.2) is 42.7 Å². The molecule has 0 aliphatic heterocycles. The molecule has 0 atom stereocenters. The summed E-state index contributed by atoms with van der Waals surface area (Å²) in [7, 11) is 0. The molecular formula is C16H16N4O. The molecule has 0 radical (unpaired) electrons. The van der Waals surface area contributed by atoms with E-state index in [0.29, 0.717) is 11.3 Å². The lowest BCUT2D eigenvalue weighted by atomic mass is 10.2. The molecule has 2 heterocycles. The molecule has 0 aliphatic carbocycles. The number of para-hydroxylation sites is 1. The van der Waals surface area contributed by atoms with Crippen LogP contribution in [0, 0.1) is 6.92 Å². The number of carbonyl (C=O) groups excluding carboxylic acids is 1. The van der Waals surface area contributed by atoms with Crippen LogP contribution < -0.4 is 0 Å². The standard InChI is InChI=1S/C16H16N4O/c1-3-15-17-9-10-19(15)16-14(11-21)12(2)18-20(16)13-7-5-4-6-8-13/h4-11H,3H2,1-2H3. The second-order valence-electron chi connectivity index (χ2n) is 4.75. The summed E-state index contributed by atoms with van der Waals surface area (Å²) in [6.45, 7) is 3.88. The molecule has 0 amide bonds. The van der Waals surface area contributed by atoms with E-state index in [1.807, 2.05) is 54.9 Å². The minimum absolute atomic E-state index is 0.589. The minimum Gasteiger partial charge on any atom is -0.298 e. The van der Waals surface area contributed by atoms with Gasteiger partial charge in [-0.3, -0.25) is 9.36 Å². The Balaban J connectivity index is 2.30. The number of aromatic nitrogens is 4. The SMILES string of the molecule is CCc1nccn1-c1c(C=O)c(C)nn1-c1ccccc1. The maximum atomic E-state index is 11.5. The summed E-state index contributed by atoms with van der Waals surface area (Å²) in [4.78, 5) is 15.8. The smallest absolute Gasteiger partial charge is 0.155 e. The number of aryl methyl sites for hydroxylation is 2. The van der Waals surface area contributed by atoms with Gasteiger partial charge in [-0.2, -0.15) is 5.10 Å². The van der Waals surface area contributed by atoms with E-state index in [-0.39, 0.29) is 0 Å². The number of rotatable bonds is 4. The molecular weight excluding hydrogens is 264 g/mol. The van der Waals surface area contributed by atoms with Gasteiger partial charge in [-0.1, -0.05) is 25.1 Å². The Kier molecular flexibility index (Phi) is 3.39. The summed E-state index contributed by atoms with van der Waals surface area (Å²) in [5.41, 5.74) is 2.21. The van der Waals surface area contributed by atoms with Crippen LogP contribution in [0.4, 0.5) is 0 Å². The summed E-state index contributed by atoms with van der Waals surface area (Å²) in [6, 6.07) is 9.78. The fourth-order valence-electron chi connectivity index (χ4n) is 2.43. The highest BCUT2D eigenvalue weighted by molar-refractivity contribution is 5.82. The number of benzene rings is 1. The van der Waals surface area contributed by atoms with Crippen molar-refractivity contribution in [3.63, 3.8) is 0 Å². The Morgan fingerprint density at radius 3 is 2.67 bits per heavy atom. The van der Waals surface area contributed by atoms with Gasteiger partial charge in [0.15, 0.2) is 12.1 Å². The monoisotopic (exact) mass is 280 g/mol. The van der Waals surface area contributed by atoms with Gasteiger partial charge < -0.3 is 0 Å². The first-order valence-electron chi connectivity index (χ1n) is 6.89. The van der Waals surface area contributed by atoms with Crippen LogP contribution in [0.2, 0.25) is 0 Å². The zero-order valence-electron chi connectivity index (χ0n) is 12.0. The maximum Gasteiger partial charge on any atom is 0.155 e. The van der Waals surface area contributed by atoms with Gasteiger partial charge in [0.1, 0.15) is 5.82 Å². The Bertz CT molecular complexity index is 771. The Labute approximate surface area is 122 Å². The van der Waals surface area contributed by atoms with Crippen LogP contribution in [-0.4, -0.2) is 25.6 Å². The maximum absolute atomic E-state index is 11.5. The van der Waals surface area contributed by atoms with E-state index in [2.05, 4.69) is 10.1 Å². The number of hydrogen-bond donors (Lipinski definition) is 0. The summed E-state index contributed by atoms with van der Waals surface area (Å²) >= 11 is 0. The van der Waals surface area contributed by atoms with E-state index in [0.717, 1.165) is 30.0 Å². The van der Waals surface area contributed by atoms with Crippen molar-refractivity contribution in [2.75, 3.05) is 0 Å². The quantitative estimate of drug-likeness (QED) is 0.690. The van der Waals surface area contributed by atoms with Crippen LogP contribution in [-0.2, 0) is 6.42 Å². The van der Waals surface area contributed by atoms with E-state index < -0.39 is 0 Å². The average Bonchev–Trinajstić information content (AvgIpc) is 3.11. The largest absolute Gasteiger partial charge is 0.298 e. The minimum atomic E-state index is 0.589. The van der Waals surface area contributed by atoms with Gasteiger partial charge in [0.2, 0.25) is 0 Å². The molecule has 106 valence electrons. The van der Waals surface area contributed by atoms with Crippen molar-refractivity contribution in [1.82, 2.24) is 19.3 Å². The van der Waals surface area contributed by atoms with Gasteiger partial charge in [-0.15, -0.1) is 0 Å². The normalized spacial score (nSPS) is 10.8. The zero-order chi connectivity index (χ0) is 14.8. The molecule has 21 heavy (non-hydrogen) atoms. The highest BCUT2D eigenvalue weighted by Gasteiger charge is 2.19. The van der Waals surface area contributed by atoms with E-state index in [4.69, 9.17) is 0 Å². The van der Waals surface area contributed by atoms with E-state index >= 15 is 0 Å². The van der Waals surface area contributed by atoms with Gasteiger partial charge >= 0.3 is 0 Å². The van der Waals surface area contributed by atoms with E-state index in [1.54, 1.807) is 10.9 Å². The van der Waals surface area contributed by atoms with Crippen molar-refractivity contribution < 1.29 is 4.79 Å². The Morgan fingerprint density at radius 1 is 1.24 bits per heavy atom. The zero-order valence-corrected chi connectivity index (χ0v) is 12.0. The predicted octanol–water partition coefficient (Wildman–Crippen LogP) is 2.74. The third-order valence-electron chi connectivity index (χ3n) is 3.46. The van der Waals surface area contributed by atoms with Gasteiger partial charge in [-0.25, -0.2) is 9.67 Å². The molecule has 3 rings (SSSR count). The number of imidazole rings is 1. The third-order valence-corrected chi connectivity index (χ3v) is 3.46. The second-order valence-corrected chi connectivity index (χ2v) is 4.75. The fraction of sp³-hybridized carbons (Fsp3) is 0.188. The Morgan fingerprint density at radius 2 is 2.00 bits per heavy atom. The highest BCUT2D eigenvalue weighted by atomic mass is 16.1. The molecule has 0 aliphatic rings.